The summed E-state index contributed by atoms with van der Waals surface area (Å²) in [7, 11) is 0. The number of benzene rings is 2. The van der Waals surface area contributed by atoms with Gasteiger partial charge in [0.2, 0.25) is 0 Å². The normalized spacial score (nSPS) is 17.4. The highest BCUT2D eigenvalue weighted by Crippen LogP contribution is 2.31. The van der Waals surface area contributed by atoms with Crippen LogP contribution in [0.1, 0.15) is 29.7 Å². The second-order valence-electron chi connectivity index (χ2n) is 4.85. The molecular weight excluding hydrogens is 232 g/mol. The zero-order valence-corrected chi connectivity index (χ0v) is 11.1. The van der Waals surface area contributed by atoms with E-state index >= 15 is 0 Å². The zero-order chi connectivity index (χ0) is 13.1. The molecule has 2 aromatic carbocycles. The molecule has 0 amide bonds. The molecule has 0 radical (unpaired) electrons. The molecule has 0 saturated heterocycles. The molecule has 2 heteroatoms. The molecule has 19 heavy (non-hydrogen) atoms. The number of hydrogen-bond donors (Lipinski definition) is 1. The summed E-state index contributed by atoms with van der Waals surface area (Å²) < 4.78 is 0. The van der Waals surface area contributed by atoms with E-state index in [1.807, 2.05) is 13.1 Å². The van der Waals surface area contributed by atoms with E-state index in [-0.39, 0.29) is 6.04 Å². The van der Waals surface area contributed by atoms with E-state index in [0.29, 0.717) is 0 Å². The van der Waals surface area contributed by atoms with Gasteiger partial charge in [-0.2, -0.15) is 0 Å². The summed E-state index contributed by atoms with van der Waals surface area (Å²) >= 11 is 0. The minimum atomic E-state index is 0.260. The van der Waals surface area contributed by atoms with Crippen LogP contribution in [0.3, 0.4) is 0 Å². The summed E-state index contributed by atoms with van der Waals surface area (Å²) in [5, 5.41) is 3.64. The zero-order valence-electron chi connectivity index (χ0n) is 11.1. The van der Waals surface area contributed by atoms with E-state index < -0.39 is 0 Å². The Labute approximate surface area is 114 Å². The number of nitrogens with one attached hydrogen (secondary N) is 1. The molecule has 1 aliphatic rings. The van der Waals surface area contributed by atoms with Crippen LogP contribution in [0.15, 0.2) is 53.5 Å². The summed E-state index contributed by atoms with van der Waals surface area (Å²) in [6.07, 6.45) is 2.87. The quantitative estimate of drug-likeness (QED) is 0.805. The highest BCUT2D eigenvalue weighted by atomic mass is 15.0. The Balaban J connectivity index is 2.06. The van der Waals surface area contributed by atoms with Gasteiger partial charge in [0, 0.05) is 5.69 Å². The third-order valence-corrected chi connectivity index (χ3v) is 3.63. The van der Waals surface area contributed by atoms with Gasteiger partial charge in [-0.1, -0.05) is 42.5 Å². The van der Waals surface area contributed by atoms with Crippen molar-refractivity contribution >= 4 is 11.9 Å². The first-order valence-electron chi connectivity index (χ1n) is 6.75. The summed E-state index contributed by atoms with van der Waals surface area (Å²) in [5.41, 5.74) is 5.36. The monoisotopic (exact) mass is 250 g/mol. The van der Waals surface area contributed by atoms with Crippen LogP contribution in [0.25, 0.3) is 0 Å². The standard InChI is InChI=1S/C17H18N2/c1-2-18-12-17-15-9-5-3-7-13(15)11-14-8-4-6-10-16(14)19-17/h2-10,17,19H,11-12H2,1H3. The van der Waals surface area contributed by atoms with Gasteiger partial charge >= 0.3 is 0 Å². The summed E-state index contributed by atoms with van der Waals surface area (Å²) in [6.45, 7) is 2.75. The SMILES string of the molecule is CC=NCC1Nc2ccccc2Cc2ccccc21. The van der Waals surface area contributed by atoms with Crippen LogP contribution in [-0.2, 0) is 6.42 Å². The second-order valence-corrected chi connectivity index (χ2v) is 4.85. The minimum Gasteiger partial charge on any atom is -0.376 e. The second kappa shape index (κ2) is 5.27. The van der Waals surface area contributed by atoms with Crippen LogP contribution in [0, 0.1) is 0 Å². The van der Waals surface area contributed by atoms with Gasteiger partial charge in [-0.15, -0.1) is 0 Å². The molecular formula is C17H18N2. The van der Waals surface area contributed by atoms with E-state index in [0.717, 1.165) is 13.0 Å². The van der Waals surface area contributed by atoms with Gasteiger partial charge in [-0.3, -0.25) is 4.99 Å². The molecule has 0 saturated carbocycles. The summed E-state index contributed by atoms with van der Waals surface area (Å²) in [6, 6.07) is 17.5. The van der Waals surface area contributed by atoms with E-state index in [4.69, 9.17) is 0 Å². The van der Waals surface area contributed by atoms with Gasteiger partial charge in [-0.25, -0.2) is 0 Å². The fourth-order valence-corrected chi connectivity index (χ4v) is 2.68. The molecule has 3 rings (SSSR count). The lowest BCUT2D eigenvalue weighted by atomic mass is 9.97. The smallest absolute Gasteiger partial charge is 0.0711 e. The number of rotatable bonds is 2. The minimum absolute atomic E-state index is 0.260. The van der Waals surface area contributed by atoms with Gasteiger partial charge in [0.15, 0.2) is 0 Å². The van der Waals surface area contributed by atoms with Gasteiger partial charge < -0.3 is 5.32 Å². The first-order chi connectivity index (χ1) is 9.38. The Morgan fingerprint density at radius 1 is 1.11 bits per heavy atom. The number of para-hydroxylation sites is 1. The molecule has 0 fully saturated rings. The predicted molar refractivity (Wildman–Crippen MR) is 81.1 cm³/mol. The van der Waals surface area contributed by atoms with Crippen molar-refractivity contribution in [2.75, 3.05) is 11.9 Å². The first-order valence-corrected chi connectivity index (χ1v) is 6.75. The molecule has 1 heterocycles. The third kappa shape index (κ3) is 2.39. The van der Waals surface area contributed by atoms with Crippen molar-refractivity contribution in [3.8, 4) is 0 Å². The van der Waals surface area contributed by atoms with Gasteiger partial charge in [-0.05, 0) is 42.3 Å². The number of aliphatic imine (C=N–C) groups is 1. The van der Waals surface area contributed by atoms with Crippen molar-refractivity contribution in [1.29, 1.82) is 0 Å². The molecule has 1 atom stereocenters. The van der Waals surface area contributed by atoms with Crippen LogP contribution in [-0.4, -0.2) is 12.8 Å². The van der Waals surface area contributed by atoms with Crippen molar-refractivity contribution in [1.82, 2.24) is 0 Å². The molecule has 2 nitrogen and oxygen atoms in total. The van der Waals surface area contributed by atoms with E-state index in [1.165, 1.54) is 22.4 Å². The first kappa shape index (κ1) is 12.0. The van der Waals surface area contributed by atoms with Crippen molar-refractivity contribution in [2.24, 2.45) is 4.99 Å². The lowest BCUT2D eigenvalue weighted by Crippen LogP contribution is -2.14. The lowest BCUT2D eigenvalue weighted by molar-refractivity contribution is 0.791. The lowest BCUT2D eigenvalue weighted by Gasteiger charge is -2.18. The Bertz CT molecular complexity index is 602. The predicted octanol–water partition coefficient (Wildman–Crippen LogP) is 3.83. The molecule has 0 bridgehead atoms. The molecule has 1 unspecified atom stereocenters. The average Bonchev–Trinajstić information content (AvgIpc) is 2.61. The maximum absolute atomic E-state index is 4.42. The van der Waals surface area contributed by atoms with E-state index in [1.54, 1.807) is 0 Å². The third-order valence-electron chi connectivity index (χ3n) is 3.63. The maximum Gasteiger partial charge on any atom is 0.0711 e. The number of nitrogens with zero attached hydrogens (tertiary/aromatic N) is 1. The van der Waals surface area contributed by atoms with Crippen LogP contribution in [0.4, 0.5) is 5.69 Å². The molecule has 0 spiro atoms. The largest absolute Gasteiger partial charge is 0.376 e. The number of anilines is 1. The van der Waals surface area contributed by atoms with Crippen LogP contribution in [0.5, 0.6) is 0 Å². The van der Waals surface area contributed by atoms with Gasteiger partial charge in [0.1, 0.15) is 0 Å². The van der Waals surface area contributed by atoms with E-state index in [2.05, 4.69) is 58.8 Å². The van der Waals surface area contributed by atoms with Gasteiger partial charge in [0.25, 0.3) is 0 Å². The van der Waals surface area contributed by atoms with Crippen LogP contribution >= 0.6 is 0 Å². The number of hydrogen-bond acceptors (Lipinski definition) is 2. The fourth-order valence-electron chi connectivity index (χ4n) is 2.68. The number of fused-ring (bicyclic) bond motifs is 2. The Hall–Kier alpha value is -2.09. The highest BCUT2D eigenvalue weighted by molar-refractivity contribution is 5.58. The highest BCUT2D eigenvalue weighted by Gasteiger charge is 2.20. The maximum atomic E-state index is 4.42. The summed E-state index contributed by atoms with van der Waals surface area (Å²) in [5.74, 6) is 0. The molecule has 0 aromatic heterocycles. The fraction of sp³-hybridized carbons (Fsp3) is 0.235. The van der Waals surface area contributed by atoms with Crippen molar-refractivity contribution in [3.63, 3.8) is 0 Å². The topological polar surface area (TPSA) is 24.4 Å². The summed E-state index contributed by atoms with van der Waals surface area (Å²) in [4.78, 5) is 4.42. The van der Waals surface area contributed by atoms with Crippen LogP contribution < -0.4 is 5.32 Å². The molecule has 2 aromatic rings. The Morgan fingerprint density at radius 2 is 1.84 bits per heavy atom. The molecule has 0 aliphatic carbocycles. The average molecular weight is 250 g/mol. The molecule has 1 N–H and O–H groups in total. The molecule has 1 aliphatic heterocycles. The van der Waals surface area contributed by atoms with Crippen molar-refractivity contribution in [3.05, 3.63) is 65.2 Å². The van der Waals surface area contributed by atoms with Gasteiger partial charge in [0.05, 0.1) is 12.6 Å². The Morgan fingerprint density at radius 3 is 2.68 bits per heavy atom. The van der Waals surface area contributed by atoms with Crippen LogP contribution in [0.2, 0.25) is 0 Å². The van der Waals surface area contributed by atoms with E-state index in [9.17, 15) is 0 Å². The van der Waals surface area contributed by atoms with Crippen molar-refractivity contribution in [2.45, 2.75) is 19.4 Å². The Kier molecular flexibility index (Phi) is 3.32. The van der Waals surface area contributed by atoms with Crippen molar-refractivity contribution < 1.29 is 0 Å². The molecule has 96 valence electrons.